The standard InChI is InChI=1S/C32H47N7O17/c1-13(2)15(32(55)38-17(10-26(49)50)18(40)4-5-22(33)43)9-19(41)16(3-6-24(45)46)37-31(54)14(8-25(47)48)7-20(42)30-29(53)28(52)27(51)21(56-30)11-35-23(44)12-36-39-34/h13-17,21,27-30,51-53H,3-12H2,1-2H3,(H2,33,43)(H,35,44)(H,37,54)(H,38,55)(H,45,46)(H,47,48)(H,49,50)/t14-,15-,16-,17-,21?,27?,28?,29?,30?/m0/s1. The normalized spacial score (nSPS) is 21.2. The van der Waals surface area contributed by atoms with Gasteiger partial charge in [-0.3, -0.25) is 47.9 Å². The largest absolute Gasteiger partial charge is 0.481 e. The number of carbonyl (C=O) groups is 10. The zero-order valence-electron chi connectivity index (χ0n) is 30.4. The fourth-order valence-corrected chi connectivity index (χ4v) is 5.56. The highest BCUT2D eigenvalue weighted by Gasteiger charge is 2.47. The summed E-state index contributed by atoms with van der Waals surface area (Å²) in [7, 11) is 0. The molecule has 1 saturated heterocycles. The lowest BCUT2D eigenvalue weighted by Crippen LogP contribution is -2.62. The third-order valence-corrected chi connectivity index (χ3v) is 8.66. The maximum atomic E-state index is 13.6. The molecule has 0 radical (unpaired) electrons. The molecule has 0 aromatic heterocycles. The maximum Gasteiger partial charge on any atom is 0.305 e. The Kier molecular flexibility index (Phi) is 20.2. The Hall–Kier alpha value is -5.55. The molecule has 24 heteroatoms. The molecule has 0 aromatic carbocycles. The van der Waals surface area contributed by atoms with Crippen LogP contribution in [0.5, 0.6) is 0 Å². The Morgan fingerprint density at radius 3 is 1.89 bits per heavy atom. The number of amides is 4. The topological polar surface area (TPSA) is 412 Å². The Morgan fingerprint density at radius 2 is 1.36 bits per heavy atom. The minimum Gasteiger partial charge on any atom is -0.481 e. The van der Waals surface area contributed by atoms with E-state index in [1.165, 1.54) is 13.8 Å². The first-order chi connectivity index (χ1) is 26.1. The second-order valence-corrected chi connectivity index (χ2v) is 13.3. The number of nitrogens with zero attached hydrogens (tertiary/aromatic N) is 3. The van der Waals surface area contributed by atoms with Crippen LogP contribution >= 0.6 is 0 Å². The van der Waals surface area contributed by atoms with Gasteiger partial charge in [0.1, 0.15) is 37.1 Å². The number of nitrogens with two attached hydrogens (primary N) is 1. The molecule has 1 aliphatic rings. The highest BCUT2D eigenvalue weighted by atomic mass is 16.5. The van der Waals surface area contributed by atoms with Crippen molar-refractivity contribution in [3.8, 4) is 0 Å². The number of ether oxygens (including phenoxy) is 1. The van der Waals surface area contributed by atoms with Crippen molar-refractivity contribution < 1.29 is 83.3 Å². The fraction of sp³-hybridized carbons (Fsp3) is 0.688. The first-order valence-electron chi connectivity index (χ1n) is 17.2. The van der Waals surface area contributed by atoms with E-state index >= 15 is 0 Å². The number of Topliss-reactive ketones (excluding diaryl/α,β-unsaturated/α-hetero) is 3. The van der Waals surface area contributed by atoms with E-state index in [1.807, 2.05) is 0 Å². The Labute approximate surface area is 318 Å². The number of azide groups is 1. The highest BCUT2D eigenvalue weighted by Crippen LogP contribution is 2.25. The van der Waals surface area contributed by atoms with E-state index in [2.05, 4.69) is 26.0 Å². The van der Waals surface area contributed by atoms with Gasteiger partial charge in [0.15, 0.2) is 17.3 Å². The SMILES string of the molecule is CC(C)[C@H](CC(=O)[C@H](CCC(=O)O)NC(=O)[C@H](CC(=O)O)CC(=O)C1OC(CNC(=O)CN=[N+]=[N-])C(O)C(O)C1O)C(=O)N[C@@H](CC(=O)O)C(=O)CCC(N)=O. The van der Waals surface area contributed by atoms with Crippen molar-refractivity contribution in [2.75, 3.05) is 13.1 Å². The van der Waals surface area contributed by atoms with Crippen LogP contribution in [0.4, 0.5) is 0 Å². The molecule has 0 aromatic rings. The van der Waals surface area contributed by atoms with Crippen molar-refractivity contribution in [2.45, 2.75) is 108 Å². The Bertz CT molecular complexity index is 1550. The van der Waals surface area contributed by atoms with Crippen molar-refractivity contribution >= 4 is 58.9 Å². The summed E-state index contributed by atoms with van der Waals surface area (Å²) in [4.78, 5) is 126. The van der Waals surface area contributed by atoms with Crippen molar-refractivity contribution in [1.29, 1.82) is 0 Å². The van der Waals surface area contributed by atoms with Gasteiger partial charge in [0, 0.05) is 49.5 Å². The second-order valence-electron chi connectivity index (χ2n) is 13.3. The Morgan fingerprint density at radius 1 is 0.750 bits per heavy atom. The summed E-state index contributed by atoms with van der Waals surface area (Å²) >= 11 is 0. The van der Waals surface area contributed by atoms with Gasteiger partial charge in [0.25, 0.3) is 0 Å². The van der Waals surface area contributed by atoms with Crippen molar-refractivity contribution in [3.63, 3.8) is 0 Å². The van der Waals surface area contributed by atoms with Crippen LogP contribution in [-0.4, -0.2) is 145 Å². The minimum absolute atomic E-state index is 0.433. The van der Waals surface area contributed by atoms with E-state index in [4.69, 9.17) is 16.0 Å². The van der Waals surface area contributed by atoms with Crippen LogP contribution in [0.3, 0.4) is 0 Å². The lowest BCUT2D eigenvalue weighted by atomic mass is 9.86. The van der Waals surface area contributed by atoms with Gasteiger partial charge < -0.3 is 57.1 Å². The highest BCUT2D eigenvalue weighted by molar-refractivity contribution is 5.97. The van der Waals surface area contributed by atoms with Crippen LogP contribution in [0.2, 0.25) is 0 Å². The predicted octanol–water partition coefficient (Wildman–Crippen LogP) is -3.31. The molecule has 1 aliphatic heterocycles. The lowest BCUT2D eigenvalue weighted by Gasteiger charge is -2.40. The maximum absolute atomic E-state index is 13.6. The van der Waals surface area contributed by atoms with Gasteiger partial charge in [-0.15, -0.1) is 0 Å². The van der Waals surface area contributed by atoms with Gasteiger partial charge in [-0.05, 0) is 17.9 Å². The number of aliphatic hydroxyl groups excluding tert-OH is 3. The van der Waals surface area contributed by atoms with Crippen LogP contribution in [0, 0.1) is 17.8 Å². The van der Waals surface area contributed by atoms with Crippen molar-refractivity contribution in [2.24, 2.45) is 28.6 Å². The molecule has 0 spiro atoms. The molecule has 24 nitrogen and oxygen atoms in total. The summed E-state index contributed by atoms with van der Waals surface area (Å²) in [5.41, 5.74) is 13.4. The number of aliphatic hydroxyl groups is 3. The first kappa shape index (κ1) is 48.5. The zero-order valence-corrected chi connectivity index (χ0v) is 30.4. The number of rotatable bonds is 26. The molecule has 312 valence electrons. The summed E-state index contributed by atoms with van der Waals surface area (Å²) < 4.78 is 5.41. The third-order valence-electron chi connectivity index (χ3n) is 8.66. The summed E-state index contributed by atoms with van der Waals surface area (Å²) in [6.07, 6.45) is -15.3. The van der Waals surface area contributed by atoms with E-state index < -0.39 is 184 Å². The van der Waals surface area contributed by atoms with Crippen LogP contribution < -0.4 is 21.7 Å². The zero-order chi connectivity index (χ0) is 42.9. The quantitative estimate of drug-likeness (QED) is 0.0232. The number of aliphatic carboxylic acids is 3. The summed E-state index contributed by atoms with van der Waals surface area (Å²) in [6, 6.07) is -3.29. The fourth-order valence-electron chi connectivity index (χ4n) is 5.56. The number of carbonyl (C=O) groups excluding carboxylic acids is 7. The molecule has 9 atom stereocenters. The Balaban J connectivity index is 3.26. The molecule has 11 N–H and O–H groups in total. The number of hydrogen-bond acceptors (Lipinski definition) is 15. The number of nitrogens with one attached hydrogen (secondary N) is 3. The van der Waals surface area contributed by atoms with E-state index in [9.17, 15) is 78.6 Å². The molecular formula is C32H47N7O17. The van der Waals surface area contributed by atoms with E-state index in [-0.39, 0.29) is 0 Å². The van der Waals surface area contributed by atoms with Gasteiger partial charge in [0.2, 0.25) is 23.6 Å². The van der Waals surface area contributed by atoms with E-state index in [0.29, 0.717) is 0 Å². The molecule has 0 bridgehead atoms. The first-order valence-corrected chi connectivity index (χ1v) is 17.2. The van der Waals surface area contributed by atoms with E-state index in [0.717, 1.165) is 0 Å². The molecule has 5 unspecified atom stereocenters. The lowest BCUT2D eigenvalue weighted by molar-refractivity contribution is -0.218. The second kappa shape index (κ2) is 23.4. The molecule has 1 fully saturated rings. The minimum atomic E-state index is -2.10. The van der Waals surface area contributed by atoms with Gasteiger partial charge in [0.05, 0.1) is 30.8 Å². The molecule has 1 rings (SSSR count). The van der Waals surface area contributed by atoms with Crippen molar-refractivity contribution in [3.05, 3.63) is 10.4 Å². The molecule has 4 amide bonds. The van der Waals surface area contributed by atoms with Gasteiger partial charge in [-0.1, -0.05) is 19.0 Å². The average molecular weight is 802 g/mol. The van der Waals surface area contributed by atoms with Crippen LogP contribution in [0.15, 0.2) is 5.11 Å². The molecule has 56 heavy (non-hydrogen) atoms. The predicted molar refractivity (Wildman–Crippen MR) is 183 cm³/mol. The van der Waals surface area contributed by atoms with Crippen LogP contribution in [-0.2, 0) is 52.7 Å². The number of carboxylic acid groups (broad SMARTS) is 3. The molecule has 0 saturated carbocycles. The van der Waals surface area contributed by atoms with E-state index in [1.54, 1.807) is 0 Å². The summed E-state index contributed by atoms with van der Waals surface area (Å²) in [6.45, 7) is 1.80. The molecule has 1 heterocycles. The number of hydrogen-bond donors (Lipinski definition) is 10. The summed E-state index contributed by atoms with van der Waals surface area (Å²) in [5, 5.41) is 69.0. The summed E-state index contributed by atoms with van der Waals surface area (Å²) in [5.74, 6) is -15.1. The van der Waals surface area contributed by atoms with Crippen molar-refractivity contribution in [1.82, 2.24) is 16.0 Å². The monoisotopic (exact) mass is 801 g/mol. The smallest absolute Gasteiger partial charge is 0.305 e. The number of ketones is 3. The average Bonchev–Trinajstić information content (AvgIpc) is 3.10. The number of primary amides is 1. The van der Waals surface area contributed by atoms with Gasteiger partial charge in [-0.25, -0.2) is 0 Å². The molecular weight excluding hydrogens is 754 g/mol. The van der Waals surface area contributed by atoms with Crippen LogP contribution in [0.25, 0.3) is 10.4 Å². The number of carboxylic acids is 3. The van der Waals surface area contributed by atoms with Gasteiger partial charge >= 0.3 is 17.9 Å². The van der Waals surface area contributed by atoms with Gasteiger partial charge in [-0.2, -0.15) is 0 Å². The third kappa shape index (κ3) is 16.4. The van der Waals surface area contributed by atoms with Crippen LogP contribution in [0.1, 0.15) is 65.2 Å². The molecule has 0 aliphatic carbocycles.